The molecule has 1 aromatic heterocycles. The van der Waals surface area contributed by atoms with E-state index in [0.29, 0.717) is 16.9 Å². The Morgan fingerprint density at radius 1 is 1.17 bits per heavy atom. The fourth-order valence-electron chi connectivity index (χ4n) is 2.00. The van der Waals surface area contributed by atoms with Crippen molar-refractivity contribution >= 4 is 17.3 Å². The fraction of sp³-hybridized carbons (Fsp3) is 0.0667. The molecular formula is C15H10ClN3O4. The summed E-state index contributed by atoms with van der Waals surface area (Å²) in [4.78, 5) is 10.4. The highest BCUT2D eigenvalue weighted by Gasteiger charge is 2.17. The number of nitro groups is 1. The minimum atomic E-state index is -0.515. The third-order valence-corrected chi connectivity index (χ3v) is 3.46. The molecule has 0 saturated carbocycles. The molecule has 0 fully saturated rings. The second-order valence-corrected chi connectivity index (χ2v) is 4.97. The van der Waals surface area contributed by atoms with Gasteiger partial charge in [0.1, 0.15) is 5.75 Å². The van der Waals surface area contributed by atoms with Crippen molar-refractivity contribution in [2.45, 2.75) is 0 Å². The first-order chi connectivity index (χ1) is 11.1. The Morgan fingerprint density at radius 3 is 2.70 bits per heavy atom. The van der Waals surface area contributed by atoms with Gasteiger partial charge in [-0.25, -0.2) is 0 Å². The second-order valence-electron chi connectivity index (χ2n) is 4.57. The maximum atomic E-state index is 10.9. The first-order valence-corrected chi connectivity index (χ1v) is 6.88. The van der Waals surface area contributed by atoms with Gasteiger partial charge in [-0.15, -0.1) is 10.2 Å². The van der Waals surface area contributed by atoms with Crippen LogP contribution in [0.15, 0.2) is 46.9 Å². The highest BCUT2D eigenvalue weighted by Crippen LogP contribution is 2.32. The van der Waals surface area contributed by atoms with Crippen molar-refractivity contribution in [2.75, 3.05) is 7.11 Å². The molecule has 116 valence electrons. The Balaban J connectivity index is 2.02. The number of hydrogen-bond donors (Lipinski definition) is 0. The molecule has 0 aliphatic heterocycles. The average molecular weight is 332 g/mol. The van der Waals surface area contributed by atoms with Crippen LogP contribution in [0.1, 0.15) is 0 Å². The molecule has 0 unspecified atom stereocenters. The van der Waals surface area contributed by atoms with Crippen molar-refractivity contribution in [3.8, 4) is 28.7 Å². The van der Waals surface area contributed by atoms with Crippen LogP contribution < -0.4 is 4.74 Å². The van der Waals surface area contributed by atoms with E-state index in [0.717, 1.165) is 0 Å². The number of aromatic nitrogens is 2. The third-order valence-electron chi connectivity index (χ3n) is 3.13. The van der Waals surface area contributed by atoms with Crippen LogP contribution in [-0.4, -0.2) is 22.2 Å². The molecule has 0 saturated heterocycles. The maximum Gasteiger partial charge on any atom is 0.270 e. The number of methoxy groups -OCH3 is 1. The molecule has 0 radical (unpaired) electrons. The van der Waals surface area contributed by atoms with Crippen molar-refractivity contribution in [3.05, 3.63) is 57.6 Å². The van der Waals surface area contributed by atoms with Crippen LogP contribution in [-0.2, 0) is 0 Å². The molecule has 1 heterocycles. The van der Waals surface area contributed by atoms with Crippen molar-refractivity contribution < 1.29 is 14.1 Å². The molecule has 0 spiro atoms. The zero-order valence-electron chi connectivity index (χ0n) is 11.9. The van der Waals surface area contributed by atoms with E-state index in [1.165, 1.54) is 18.2 Å². The fourth-order valence-corrected chi connectivity index (χ4v) is 2.19. The zero-order chi connectivity index (χ0) is 16.4. The summed E-state index contributed by atoms with van der Waals surface area (Å²) >= 11 is 6.07. The first-order valence-electron chi connectivity index (χ1n) is 6.50. The van der Waals surface area contributed by atoms with E-state index in [4.69, 9.17) is 20.8 Å². The van der Waals surface area contributed by atoms with Crippen molar-refractivity contribution in [3.63, 3.8) is 0 Å². The quantitative estimate of drug-likeness (QED) is 0.530. The summed E-state index contributed by atoms with van der Waals surface area (Å²) in [6.45, 7) is 0. The lowest BCUT2D eigenvalue weighted by atomic mass is 10.2. The lowest BCUT2D eigenvalue weighted by molar-refractivity contribution is -0.384. The van der Waals surface area contributed by atoms with Gasteiger partial charge in [-0.05, 0) is 24.3 Å². The van der Waals surface area contributed by atoms with Gasteiger partial charge >= 0.3 is 0 Å². The van der Waals surface area contributed by atoms with E-state index in [2.05, 4.69) is 10.2 Å². The molecule has 0 amide bonds. The van der Waals surface area contributed by atoms with Crippen LogP contribution in [0, 0.1) is 10.1 Å². The molecule has 0 aliphatic rings. The predicted molar refractivity (Wildman–Crippen MR) is 83.4 cm³/mol. The Hall–Kier alpha value is -2.93. The smallest absolute Gasteiger partial charge is 0.270 e. The van der Waals surface area contributed by atoms with Crippen LogP contribution in [0.25, 0.3) is 22.9 Å². The van der Waals surface area contributed by atoms with Crippen molar-refractivity contribution in [2.24, 2.45) is 0 Å². The van der Waals surface area contributed by atoms with Crippen LogP contribution in [0.4, 0.5) is 5.69 Å². The lowest BCUT2D eigenvalue weighted by Crippen LogP contribution is -1.89. The SMILES string of the molecule is COc1cccc(-c2nnc(-c3cc([N+](=O)[O-])ccc3Cl)o2)c1. The summed E-state index contributed by atoms with van der Waals surface area (Å²) in [6, 6.07) is 11.1. The van der Waals surface area contributed by atoms with Crippen molar-refractivity contribution in [1.29, 1.82) is 0 Å². The van der Waals surface area contributed by atoms with Gasteiger partial charge in [0, 0.05) is 17.7 Å². The van der Waals surface area contributed by atoms with Gasteiger partial charge < -0.3 is 9.15 Å². The van der Waals surface area contributed by atoms with Gasteiger partial charge in [0.2, 0.25) is 11.8 Å². The van der Waals surface area contributed by atoms with E-state index >= 15 is 0 Å². The number of benzene rings is 2. The van der Waals surface area contributed by atoms with Gasteiger partial charge in [0.05, 0.1) is 22.6 Å². The number of halogens is 1. The first kappa shape index (κ1) is 15.0. The molecule has 0 N–H and O–H groups in total. The molecule has 0 bridgehead atoms. The normalized spacial score (nSPS) is 10.5. The van der Waals surface area contributed by atoms with Crippen molar-refractivity contribution in [1.82, 2.24) is 10.2 Å². The largest absolute Gasteiger partial charge is 0.497 e. The van der Waals surface area contributed by atoms with Gasteiger partial charge in [-0.2, -0.15) is 0 Å². The number of ether oxygens (including phenoxy) is 1. The molecule has 3 rings (SSSR count). The summed E-state index contributed by atoms with van der Waals surface area (Å²) in [5.74, 6) is 1.02. The standard InChI is InChI=1S/C15H10ClN3O4/c1-22-11-4-2-3-9(7-11)14-17-18-15(23-14)12-8-10(19(20)21)5-6-13(12)16/h2-8H,1H3. The molecular weight excluding hydrogens is 322 g/mol. The van der Waals surface area contributed by atoms with Gasteiger partial charge in [-0.3, -0.25) is 10.1 Å². The predicted octanol–water partition coefficient (Wildman–Crippen LogP) is 3.97. The Morgan fingerprint density at radius 2 is 1.96 bits per heavy atom. The van der Waals surface area contributed by atoms with E-state index in [-0.39, 0.29) is 22.5 Å². The minimum Gasteiger partial charge on any atom is -0.497 e. The van der Waals surface area contributed by atoms with Crippen LogP contribution in [0.2, 0.25) is 5.02 Å². The second kappa shape index (κ2) is 6.05. The highest BCUT2D eigenvalue weighted by molar-refractivity contribution is 6.33. The van der Waals surface area contributed by atoms with Gasteiger partial charge in [0.25, 0.3) is 5.69 Å². The van der Waals surface area contributed by atoms with Gasteiger partial charge in [0.15, 0.2) is 0 Å². The monoisotopic (exact) mass is 331 g/mol. The van der Waals surface area contributed by atoms with Crippen LogP contribution in [0.3, 0.4) is 0 Å². The number of rotatable bonds is 4. The Bertz CT molecular complexity index is 879. The molecule has 8 heteroatoms. The summed E-state index contributed by atoms with van der Waals surface area (Å²) in [7, 11) is 1.56. The molecule has 2 aromatic carbocycles. The van der Waals surface area contributed by atoms with E-state index in [9.17, 15) is 10.1 Å². The van der Waals surface area contributed by atoms with E-state index in [1.54, 1.807) is 31.4 Å². The molecule has 0 aliphatic carbocycles. The molecule has 7 nitrogen and oxygen atoms in total. The molecule has 0 atom stereocenters. The van der Waals surface area contributed by atoms with Crippen LogP contribution >= 0.6 is 11.6 Å². The summed E-state index contributed by atoms with van der Waals surface area (Å²) in [6.07, 6.45) is 0. The average Bonchev–Trinajstić information content (AvgIpc) is 3.05. The zero-order valence-corrected chi connectivity index (χ0v) is 12.6. The van der Waals surface area contributed by atoms with E-state index in [1.807, 2.05) is 0 Å². The van der Waals surface area contributed by atoms with Gasteiger partial charge in [-0.1, -0.05) is 17.7 Å². The summed E-state index contributed by atoms with van der Waals surface area (Å²) in [5, 5.41) is 19.0. The maximum absolute atomic E-state index is 10.9. The summed E-state index contributed by atoms with van der Waals surface area (Å²) in [5.41, 5.74) is 0.873. The highest BCUT2D eigenvalue weighted by atomic mass is 35.5. The van der Waals surface area contributed by atoms with Crippen LogP contribution in [0.5, 0.6) is 5.75 Å². The number of nitro benzene ring substituents is 1. The minimum absolute atomic E-state index is 0.106. The van der Waals surface area contributed by atoms with E-state index < -0.39 is 4.92 Å². The Labute approximate surface area is 135 Å². The lowest BCUT2D eigenvalue weighted by Gasteiger charge is -2.01. The number of hydrogen-bond acceptors (Lipinski definition) is 6. The molecule has 23 heavy (non-hydrogen) atoms. The number of nitrogens with zero attached hydrogens (tertiary/aromatic N) is 3. The summed E-state index contributed by atoms with van der Waals surface area (Å²) < 4.78 is 10.7. The molecule has 3 aromatic rings. The number of non-ortho nitro benzene ring substituents is 1. The third kappa shape index (κ3) is 3.00. The Kier molecular flexibility index (Phi) is 3.94. The topological polar surface area (TPSA) is 91.3 Å².